The van der Waals surface area contributed by atoms with E-state index in [4.69, 9.17) is 0 Å². The zero-order valence-corrected chi connectivity index (χ0v) is 10.3. The summed E-state index contributed by atoms with van der Waals surface area (Å²) in [6.45, 7) is 3.70. The topological polar surface area (TPSA) is 29.1 Å². The van der Waals surface area contributed by atoms with Crippen LogP contribution in [0.5, 0.6) is 0 Å². The number of carbonyl (C=O) groups excluding carboxylic acids is 1. The van der Waals surface area contributed by atoms with Crippen LogP contribution in [0.3, 0.4) is 0 Å². The largest absolute Gasteiger partial charge is 0.349 e. The smallest absolute Gasteiger partial charge is 0.231 e. The van der Waals surface area contributed by atoms with Crippen molar-refractivity contribution in [1.82, 2.24) is 5.32 Å². The van der Waals surface area contributed by atoms with Crippen molar-refractivity contribution in [3.8, 4) is 0 Å². The van der Waals surface area contributed by atoms with Crippen LogP contribution in [-0.2, 0) is 4.79 Å². The van der Waals surface area contributed by atoms with E-state index in [2.05, 4.69) is 21.2 Å². The number of nitrogens with one attached hydrogen (secondary N) is 1. The van der Waals surface area contributed by atoms with Crippen molar-refractivity contribution >= 4 is 21.8 Å². The van der Waals surface area contributed by atoms with Gasteiger partial charge in [0, 0.05) is 0 Å². The first-order valence-corrected chi connectivity index (χ1v) is 5.78. The molecule has 1 rings (SSSR count). The minimum atomic E-state index is -0.254. The highest BCUT2D eigenvalue weighted by Crippen LogP contribution is 2.18. The Balaban J connectivity index is 2.82. The summed E-state index contributed by atoms with van der Waals surface area (Å²) in [5, 5.41) is 3.07. The Labute approximate surface area is 97.0 Å². The average Bonchev–Trinajstić information content (AvgIpc) is 2.17. The molecule has 1 amide bonds. The van der Waals surface area contributed by atoms with Crippen LogP contribution in [0.15, 0.2) is 18.2 Å². The van der Waals surface area contributed by atoms with Crippen molar-refractivity contribution in [3.05, 3.63) is 35.1 Å². The van der Waals surface area contributed by atoms with Gasteiger partial charge in [0.25, 0.3) is 0 Å². The number of hydrogen-bond donors (Lipinski definition) is 1. The van der Waals surface area contributed by atoms with E-state index in [1.807, 2.05) is 13.8 Å². The number of halogens is 2. The SMILES string of the molecule is Cc1cc(F)ccc1C(C)NC(=O)CBr. The summed E-state index contributed by atoms with van der Waals surface area (Å²) in [7, 11) is 0. The molecule has 0 saturated heterocycles. The summed E-state index contributed by atoms with van der Waals surface area (Å²) in [4.78, 5) is 11.1. The first-order valence-electron chi connectivity index (χ1n) is 4.66. The third kappa shape index (κ3) is 3.30. The van der Waals surface area contributed by atoms with Crippen LogP contribution >= 0.6 is 15.9 Å². The van der Waals surface area contributed by atoms with Gasteiger partial charge in [0.15, 0.2) is 0 Å². The fraction of sp³-hybridized carbons (Fsp3) is 0.364. The standard InChI is InChI=1S/C11H13BrFNO/c1-7-5-9(13)3-4-10(7)8(2)14-11(15)6-12/h3-5,8H,6H2,1-2H3,(H,14,15). The maximum Gasteiger partial charge on any atom is 0.231 e. The van der Waals surface area contributed by atoms with E-state index >= 15 is 0 Å². The molecule has 1 aromatic carbocycles. The van der Waals surface area contributed by atoms with Gasteiger partial charge in [-0.2, -0.15) is 0 Å². The number of amides is 1. The lowest BCUT2D eigenvalue weighted by atomic mass is 10.0. The van der Waals surface area contributed by atoms with Crippen molar-refractivity contribution in [2.75, 3.05) is 5.33 Å². The lowest BCUT2D eigenvalue weighted by molar-refractivity contribution is -0.119. The van der Waals surface area contributed by atoms with Gasteiger partial charge in [-0.15, -0.1) is 0 Å². The summed E-state index contributed by atoms with van der Waals surface area (Å²) in [6, 6.07) is 4.46. The maximum absolute atomic E-state index is 12.8. The molecule has 2 nitrogen and oxygen atoms in total. The van der Waals surface area contributed by atoms with Crippen molar-refractivity contribution in [2.45, 2.75) is 19.9 Å². The molecule has 1 N–H and O–H groups in total. The molecule has 4 heteroatoms. The molecule has 1 aromatic rings. The van der Waals surface area contributed by atoms with E-state index < -0.39 is 0 Å². The number of hydrogen-bond acceptors (Lipinski definition) is 1. The molecular weight excluding hydrogens is 261 g/mol. The zero-order chi connectivity index (χ0) is 11.4. The molecule has 0 bridgehead atoms. The van der Waals surface area contributed by atoms with Gasteiger partial charge in [-0.1, -0.05) is 22.0 Å². The second-order valence-electron chi connectivity index (χ2n) is 3.42. The monoisotopic (exact) mass is 273 g/mol. The van der Waals surface area contributed by atoms with Gasteiger partial charge < -0.3 is 5.32 Å². The van der Waals surface area contributed by atoms with Crippen LogP contribution in [0.25, 0.3) is 0 Å². The van der Waals surface area contributed by atoms with Gasteiger partial charge in [-0.05, 0) is 37.1 Å². The highest BCUT2D eigenvalue weighted by atomic mass is 79.9. The van der Waals surface area contributed by atoms with Crippen LogP contribution in [0.2, 0.25) is 0 Å². The highest BCUT2D eigenvalue weighted by Gasteiger charge is 2.10. The Bertz CT molecular complexity index is 368. The van der Waals surface area contributed by atoms with E-state index in [1.54, 1.807) is 6.07 Å². The number of benzene rings is 1. The normalized spacial score (nSPS) is 12.3. The maximum atomic E-state index is 12.8. The quantitative estimate of drug-likeness (QED) is 0.844. The molecule has 0 heterocycles. The van der Waals surface area contributed by atoms with Gasteiger partial charge in [0.2, 0.25) is 5.91 Å². The Morgan fingerprint density at radius 2 is 2.27 bits per heavy atom. The third-order valence-corrected chi connectivity index (χ3v) is 2.71. The predicted molar refractivity (Wildman–Crippen MR) is 61.5 cm³/mol. The van der Waals surface area contributed by atoms with Gasteiger partial charge in [0.05, 0.1) is 11.4 Å². The van der Waals surface area contributed by atoms with Gasteiger partial charge in [-0.25, -0.2) is 4.39 Å². The number of aryl methyl sites for hydroxylation is 1. The molecule has 1 atom stereocenters. The average molecular weight is 274 g/mol. The van der Waals surface area contributed by atoms with Gasteiger partial charge in [-0.3, -0.25) is 4.79 Å². The Kier molecular flexibility index (Phi) is 4.27. The molecule has 0 aliphatic carbocycles. The lowest BCUT2D eigenvalue weighted by Crippen LogP contribution is -2.27. The minimum absolute atomic E-state index is 0.0776. The minimum Gasteiger partial charge on any atom is -0.349 e. The van der Waals surface area contributed by atoms with Gasteiger partial charge in [0.1, 0.15) is 5.82 Å². The first kappa shape index (κ1) is 12.2. The summed E-state index contributed by atoms with van der Waals surface area (Å²) >= 11 is 3.07. The Morgan fingerprint density at radius 3 is 2.80 bits per heavy atom. The molecule has 0 aliphatic heterocycles. The molecular formula is C11H13BrFNO. The zero-order valence-electron chi connectivity index (χ0n) is 8.68. The Morgan fingerprint density at radius 1 is 1.60 bits per heavy atom. The fourth-order valence-corrected chi connectivity index (χ4v) is 1.64. The van der Waals surface area contributed by atoms with Crippen LogP contribution in [-0.4, -0.2) is 11.2 Å². The van der Waals surface area contributed by atoms with Crippen LogP contribution in [0.4, 0.5) is 4.39 Å². The highest BCUT2D eigenvalue weighted by molar-refractivity contribution is 9.09. The van der Waals surface area contributed by atoms with E-state index in [0.717, 1.165) is 11.1 Å². The number of alkyl halides is 1. The molecule has 0 saturated carbocycles. The second kappa shape index (κ2) is 5.26. The molecule has 82 valence electrons. The predicted octanol–water partition coefficient (Wildman–Crippen LogP) is 2.71. The fourth-order valence-electron chi connectivity index (χ4n) is 1.48. The van der Waals surface area contributed by atoms with Crippen LogP contribution in [0, 0.1) is 12.7 Å². The first-order chi connectivity index (χ1) is 7.04. The molecule has 0 aromatic heterocycles. The molecule has 0 fully saturated rings. The van der Waals surface area contributed by atoms with Crippen LogP contribution < -0.4 is 5.32 Å². The van der Waals surface area contributed by atoms with E-state index in [1.165, 1.54) is 12.1 Å². The second-order valence-corrected chi connectivity index (χ2v) is 3.98. The molecule has 0 aliphatic rings. The summed E-state index contributed by atoms with van der Waals surface area (Å²) in [6.07, 6.45) is 0. The number of carbonyl (C=O) groups is 1. The van der Waals surface area contributed by atoms with E-state index in [-0.39, 0.29) is 23.1 Å². The van der Waals surface area contributed by atoms with E-state index in [9.17, 15) is 9.18 Å². The molecule has 0 radical (unpaired) electrons. The van der Waals surface area contributed by atoms with Crippen molar-refractivity contribution in [2.24, 2.45) is 0 Å². The van der Waals surface area contributed by atoms with Crippen molar-refractivity contribution in [1.29, 1.82) is 0 Å². The van der Waals surface area contributed by atoms with Crippen molar-refractivity contribution in [3.63, 3.8) is 0 Å². The molecule has 1 unspecified atom stereocenters. The molecule has 0 spiro atoms. The third-order valence-electron chi connectivity index (χ3n) is 2.20. The Hall–Kier alpha value is -0.900. The van der Waals surface area contributed by atoms with Gasteiger partial charge >= 0.3 is 0 Å². The summed E-state index contributed by atoms with van der Waals surface area (Å²) in [5.41, 5.74) is 1.78. The number of rotatable bonds is 3. The molecule has 15 heavy (non-hydrogen) atoms. The van der Waals surface area contributed by atoms with Crippen molar-refractivity contribution < 1.29 is 9.18 Å². The summed E-state index contributed by atoms with van der Waals surface area (Å²) < 4.78 is 12.8. The lowest BCUT2D eigenvalue weighted by Gasteiger charge is -2.15. The summed E-state index contributed by atoms with van der Waals surface area (Å²) in [5.74, 6) is -0.332. The van der Waals surface area contributed by atoms with Crippen LogP contribution in [0.1, 0.15) is 24.1 Å². The van der Waals surface area contributed by atoms with E-state index in [0.29, 0.717) is 0 Å².